The summed E-state index contributed by atoms with van der Waals surface area (Å²) >= 11 is 1.17. The first-order chi connectivity index (χ1) is 13.3. The van der Waals surface area contributed by atoms with Crippen LogP contribution in [-0.4, -0.2) is 44.4 Å². The van der Waals surface area contributed by atoms with E-state index in [9.17, 15) is 22.0 Å². The Morgan fingerprint density at radius 2 is 1.93 bits per heavy atom. The number of thiophene rings is 1. The summed E-state index contributed by atoms with van der Waals surface area (Å²) in [6, 6.07) is 5.77. The summed E-state index contributed by atoms with van der Waals surface area (Å²) in [5, 5.41) is 4.29. The number of hydrogen-bond acceptors (Lipinski definition) is 5. The number of benzene rings is 1. The molecule has 6 nitrogen and oxygen atoms in total. The van der Waals surface area contributed by atoms with Crippen molar-refractivity contribution in [1.82, 2.24) is 9.62 Å². The lowest BCUT2D eigenvalue weighted by molar-refractivity contribution is -0.121. The van der Waals surface area contributed by atoms with Gasteiger partial charge >= 0.3 is 0 Å². The number of rotatable bonds is 6. The lowest BCUT2D eigenvalue weighted by Gasteiger charge is -2.35. The third-order valence-corrected chi connectivity index (χ3v) is 7.64. The van der Waals surface area contributed by atoms with E-state index in [0.29, 0.717) is 25.9 Å². The molecule has 0 unspecified atom stereocenters. The van der Waals surface area contributed by atoms with Crippen LogP contribution < -0.4 is 10.0 Å². The number of carbonyl (C=O) groups excluding carboxylic acids is 1. The van der Waals surface area contributed by atoms with Crippen LogP contribution in [0, 0.1) is 11.6 Å². The van der Waals surface area contributed by atoms with Crippen LogP contribution in [0.25, 0.3) is 0 Å². The number of anilines is 1. The molecule has 2 aromatic rings. The maximum absolute atomic E-state index is 13.3. The number of nitrogens with one attached hydrogen (secondary N) is 2. The zero-order chi connectivity index (χ0) is 20.3. The molecule has 152 valence electrons. The minimum Gasteiger partial charge on any atom is -0.325 e. The van der Waals surface area contributed by atoms with E-state index in [4.69, 9.17) is 0 Å². The second kappa shape index (κ2) is 8.64. The molecular weight excluding hydrogens is 408 g/mol. The number of halogens is 2. The van der Waals surface area contributed by atoms with E-state index in [0.717, 1.165) is 12.1 Å². The van der Waals surface area contributed by atoms with E-state index in [1.807, 2.05) is 4.90 Å². The topological polar surface area (TPSA) is 78.5 Å². The van der Waals surface area contributed by atoms with Gasteiger partial charge in [-0.25, -0.2) is 21.9 Å². The van der Waals surface area contributed by atoms with Crippen molar-refractivity contribution >= 4 is 33.0 Å². The second-order valence-electron chi connectivity index (χ2n) is 6.66. The number of nitrogens with zero attached hydrogens (tertiary/aromatic N) is 1. The van der Waals surface area contributed by atoms with Gasteiger partial charge in [0.25, 0.3) is 0 Å². The summed E-state index contributed by atoms with van der Waals surface area (Å²) in [5.41, 5.74) is 0.189. The smallest absolute Gasteiger partial charge is 0.250 e. The summed E-state index contributed by atoms with van der Waals surface area (Å²) in [6.45, 7) is 2.82. The minimum atomic E-state index is -3.51. The summed E-state index contributed by atoms with van der Waals surface area (Å²) in [5.74, 6) is -2.33. The molecular formula is C18H21F2N3O3S2. The van der Waals surface area contributed by atoms with Gasteiger partial charge in [0.2, 0.25) is 15.9 Å². The standard InChI is InChI=1S/C18H21F2N3O3S2/c1-12(18(24)21-14-4-5-15(19)16(20)11-14)23-8-6-13(7-9-23)22-28(25,26)17-3-2-10-27-17/h2-5,10-13,22H,6-9H2,1H3,(H,21,24)/t12-/m1/s1. The van der Waals surface area contributed by atoms with E-state index in [1.165, 1.54) is 17.4 Å². The highest BCUT2D eigenvalue weighted by Crippen LogP contribution is 2.20. The van der Waals surface area contributed by atoms with Gasteiger partial charge in [-0.1, -0.05) is 6.07 Å². The second-order valence-corrected chi connectivity index (χ2v) is 9.55. The zero-order valence-corrected chi connectivity index (χ0v) is 16.8. The maximum atomic E-state index is 13.3. The Morgan fingerprint density at radius 3 is 2.54 bits per heavy atom. The third kappa shape index (κ3) is 4.93. The molecule has 1 aliphatic rings. The van der Waals surface area contributed by atoms with Crippen molar-refractivity contribution in [2.75, 3.05) is 18.4 Å². The highest BCUT2D eigenvalue weighted by atomic mass is 32.2. The highest BCUT2D eigenvalue weighted by molar-refractivity contribution is 7.91. The van der Waals surface area contributed by atoms with Crippen molar-refractivity contribution < 1.29 is 22.0 Å². The van der Waals surface area contributed by atoms with Crippen molar-refractivity contribution in [2.24, 2.45) is 0 Å². The molecule has 1 amide bonds. The molecule has 0 saturated carbocycles. The average Bonchev–Trinajstić information content (AvgIpc) is 3.20. The van der Waals surface area contributed by atoms with Crippen LogP contribution >= 0.6 is 11.3 Å². The van der Waals surface area contributed by atoms with Gasteiger partial charge in [0.05, 0.1) is 6.04 Å². The van der Waals surface area contributed by atoms with Gasteiger partial charge in [-0.3, -0.25) is 9.69 Å². The van der Waals surface area contributed by atoms with Gasteiger partial charge in [-0.15, -0.1) is 11.3 Å². The lowest BCUT2D eigenvalue weighted by Crippen LogP contribution is -2.50. The lowest BCUT2D eigenvalue weighted by atomic mass is 10.0. The first-order valence-electron chi connectivity index (χ1n) is 8.82. The molecule has 2 heterocycles. The fraction of sp³-hybridized carbons (Fsp3) is 0.389. The molecule has 1 fully saturated rings. The molecule has 1 aromatic heterocycles. The van der Waals surface area contributed by atoms with E-state index in [-0.39, 0.29) is 21.8 Å². The Labute approximate surface area is 166 Å². The molecule has 1 aliphatic heterocycles. The number of sulfonamides is 1. The van der Waals surface area contributed by atoms with Crippen molar-refractivity contribution in [1.29, 1.82) is 0 Å². The number of hydrogen-bond donors (Lipinski definition) is 2. The minimum absolute atomic E-state index is 0.189. The monoisotopic (exact) mass is 429 g/mol. The number of carbonyl (C=O) groups is 1. The van der Waals surface area contributed by atoms with Crippen LogP contribution in [0.4, 0.5) is 14.5 Å². The molecule has 2 N–H and O–H groups in total. The van der Waals surface area contributed by atoms with Gasteiger partial charge in [0.1, 0.15) is 4.21 Å². The summed E-state index contributed by atoms with van der Waals surface area (Å²) in [7, 11) is -3.51. The van der Waals surface area contributed by atoms with Crippen molar-refractivity contribution in [3.8, 4) is 0 Å². The van der Waals surface area contributed by atoms with Crippen molar-refractivity contribution in [3.63, 3.8) is 0 Å². The Balaban J connectivity index is 1.52. The Bertz CT molecular complexity index is 928. The summed E-state index contributed by atoms with van der Waals surface area (Å²) in [6.07, 6.45) is 1.15. The fourth-order valence-electron chi connectivity index (χ4n) is 3.08. The van der Waals surface area contributed by atoms with Crippen LogP contribution in [0.5, 0.6) is 0 Å². The molecule has 3 rings (SSSR count). The van der Waals surface area contributed by atoms with Crippen LogP contribution in [0.1, 0.15) is 19.8 Å². The van der Waals surface area contributed by atoms with E-state index in [2.05, 4.69) is 10.0 Å². The zero-order valence-electron chi connectivity index (χ0n) is 15.2. The Morgan fingerprint density at radius 1 is 1.21 bits per heavy atom. The molecule has 0 spiro atoms. The number of piperidine rings is 1. The van der Waals surface area contributed by atoms with Crippen molar-refractivity contribution in [2.45, 2.75) is 36.1 Å². The molecule has 0 aliphatic carbocycles. The molecule has 0 bridgehead atoms. The highest BCUT2D eigenvalue weighted by Gasteiger charge is 2.29. The van der Waals surface area contributed by atoms with E-state index >= 15 is 0 Å². The molecule has 1 atom stereocenters. The number of likely N-dealkylation sites (tertiary alicyclic amines) is 1. The SMILES string of the molecule is C[C@H](C(=O)Nc1ccc(F)c(F)c1)N1CCC(NS(=O)(=O)c2cccs2)CC1. The summed E-state index contributed by atoms with van der Waals surface area (Å²) in [4.78, 5) is 14.3. The van der Waals surface area contributed by atoms with Gasteiger partial charge in [-0.05, 0) is 43.3 Å². The number of amides is 1. The van der Waals surface area contributed by atoms with Gasteiger partial charge in [-0.2, -0.15) is 0 Å². The first kappa shape index (κ1) is 20.8. The van der Waals surface area contributed by atoms with Crippen LogP contribution in [0.2, 0.25) is 0 Å². The Hall–Kier alpha value is -1.88. The van der Waals surface area contributed by atoms with E-state index < -0.39 is 27.7 Å². The van der Waals surface area contributed by atoms with Crippen LogP contribution in [-0.2, 0) is 14.8 Å². The van der Waals surface area contributed by atoms with Crippen LogP contribution in [0.15, 0.2) is 39.9 Å². The van der Waals surface area contributed by atoms with Gasteiger partial charge in [0, 0.05) is 30.9 Å². The van der Waals surface area contributed by atoms with Gasteiger partial charge in [0.15, 0.2) is 11.6 Å². The summed E-state index contributed by atoms with van der Waals surface area (Å²) < 4.78 is 53.9. The molecule has 10 heteroatoms. The molecule has 1 aromatic carbocycles. The predicted octanol–water partition coefficient (Wildman–Crippen LogP) is 2.80. The quantitative estimate of drug-likeness (QED) is 0.740. The molecule has 0 radical (unpaired) electrons. The average molecular weight is 430 g/mol. The predicted molar refractivity (Wildman–Crippen MR) is 104 cm³/mol. The van der Waals surface area contributed by atoms with Gasteiger partial charge < -0.3 is 5.32 Å². The molecule has 28 heavy (non-hydrogen) atoms. The first-order valence-corrected chi connectivity index (χ1v) is 11.2. The Kier molecular flexibility index (Phi) is 6.43. The van der Waals surface area contributed by atoms with Crippen LogP contribution in [0.3, 0.4) is 0 Å². The normalized spacial score (nSPS) is 17.4. The van der Waals surface area contributed by atoms with E-state index in [1.54, 1.807) is 24.4 Å². The van der Waals surface area contributed by atoms with Crippen molar-refractivity contribution in [3.05, 3.63) is 47.3 Å². The fourth-order valence-corrected chi connectivity index (χ4v) is 5.40. The maximum Gasteiger partial charge on any atom is 0.250 e. The largest absolute Gasteiger partial charge is 0.325 e. The third-order valence-electron chi connectivity index (χ3n) is 4.73. The molecule has 1 saturated heterocycles.